The second kappa shape index (κ2) is 6.23. The first-order chi connectivity index (χ1) is 8.81. The Morgan fingerprint density at radius 1 is 1.28 bits per heavy atom. The van der Waals surface area contributed by atoms with Crippen LogP contribution in [0.4, 0.5) is 5.82 Å². The minimum Gasteiger partial charge on any atom is -0.480 e. The number of nitrogens with zero attached hydrogens (tertiary/aromatic N) is 2. The van der Waals surface area contributed by atoms with E-state index in [4.69, 9.17) is 9.88 Å². The zero-order chi connectivity index (χ0) is 12.8. The average Bonchev–Trinajstić information content (AvgIpc) is 2.46. The van der Waals surface area contributed by atoms with E-state index in [2.05, 4.69) is 15.3 Å². The summed E-state index contributed by atoms with van der Waals surface area (Å²) in [6.07, 6.45) is 3.23. The maximum Gasteiger partial charge on any atom is 0.233 e. The first-order valence-electron chi connectivity index (χ1n) is 5.37. The lowest BCUT2D eigenvalue weighted by Crippen LogP contribution is -2.02. The second-order valence-corrected chi connectivity index (χ2v) is 4.27. The Hall–Kier alpha value is -1.79. The van der Waals surface area contributed by atoms with E-state index >= 15 is 0 Å². The normalized spacial score (nSPS) is 10.1. The topological polar surface area (TPSA) is 73.1 Å². The van der Waals surface area contributed by atoms with Crippen molar-refractivity contribution in [2.75, 3.05) is 12.4 Å². The number of anilines is 1. The van der Waals surface area contributed by atoms with E-state index in [1.54, 1.807) is 19.5 Å². The minimum atomic E-state index is 0.495. The number of nitrogens with one attached hydrogen (secondary N) is 1. The molecule has 0 unspecified atom stereocenters. The number of hydrogen-bond acceptors (Lipinski definition) is 6. The van der Waals surface area contributed by atoms with Crippen molar-refractivity contribution < 1.29 is 4.74 Å². The summed E-state index contributed by atoms with van der Waals surface area (Å²) >= 11 is 1.24. The smallest absolute Gasteiger partial charge is 0.233 e. The maximum absolute atomic E-state index is 5.47. The van der Waals surface area contributed by atoms with Gasteiger partial charge < -0.3 is 10.1 Å². The van der Waals surface area contributed by atoms with E-state index < -0.39 is 0 Å². The molecule has 0 atom stereocenters. The highest BCUT2D eigenvalue weighted by atomic mass is 32.2. The molecule has 0 spiro atoms. The van der Waals surface area contributed by atoms with Crippen LogP contribution in [0.1, 0.15) is 5.56 Å². The molecule has 3 N–H and O–H groups in total. The maximum atomic E-state index is 5.47. The average molecular weight is 262 g/mol. The molecule has 6 heteroatoms. The van der Waals surface area contributed by atoms with Gasteiger partial charge in [-0.1, -0.05) is 12.1 Å². The van der Waals surface area contributed by atoms with E-state index in [9.17, 15) is 0 Å². The van der Waals surface area contributed by atoms with Crippen molar-refractivity contribution in [3.05, 3.63) is 42.2 Å². The third-order valence-corrected chi connectivity index (χ3v) is 2.90. The largest absolute Gasteiger partial charge is 0.480 e. The summed E-state index contributed by atoms with van der Waals surface area (Å²) in [5, 5.41) is 8.65. The number of nitrogens with two attached hydrogens (primary N) is 1. The molecule has 0 bridgehead atoms. The second-order valence-electron chi connectivity index (χ2n) is 3.56. The lowest BCUT2D eigenvalue weighted by molar-refractivity contribution is 0.396. The molecule has 0 saturated carbocycles. The Morgan fingerprint density at radius 3 is 2.72 bits per heavy atom. The highest BCUT2D eigenvalue weighted by molar-refractivity contribution is 7.97. The predicted molar refractivity (Wildman–Crippen MR) is 72.4 cm³/mol. The number of ether oxygens (including phenoxy) is 1. The summed E-state index contributed by atoms with van der Waals surface area (Å²) in [6.45, 7) is 0.678. The molecule has 0 aliphatic heterocycles. The number of methoxy groups -OCH3 is 1. The molecule has 1 aromatic carbocycles. The fourth-order valence-electron chi connectivity index (χ4n) is 1.41. The summed E-state index contributed by atoms with van der Waals surface area (Å²) < 4.78 is 5.01. The first kappa shape index (κ1) is 12.7. The lowest BCUT2D eigenvalue weighted by Gasteiger charge is -2.06. The number of benzene rings is 1. The van der Waals surface area contributed by atoms with Gasteiger partial charge >= 0.3 is 0 Å². The fourth-order valence-corrected chi connectivity index (χ4v) is 1.70. The number of rotatable bonds is 5. The molecular formula is C12H14N4OS. The van der Waals surface area contributed by atoms with Crippen LogP contribution in [0.2, 0.25) is 0 Å². The van der Waals surface area contributed by atoms with E-state index in [-0.39, 0.29) is 0 Å². The van der Waals surface area contributed by atoms with Gasteiger partial charge in [0.05, 0.1) is 19.5 Å². The van der Waals surface area contributed by atoms with Crippen LogP contribution in [0.25, 0.3) is 0 Å². The minimum absolute atomic E-state index is 0.495. The van der Waals surface area contributed by atoms with Crippen molar-refractivity contribution in [1.29, 1.82) is 0 Å². The van der Waals surface area contributed by atoms with Gasteiger partial charge in [0.25, 0.3) is 0 Å². The Labute approximate surface area is 110 Å². The highest BCUT2D eigenvalue weighted by Crippen LogP contribution is 2.14. The molecule has 2 aromatic rings. The van der Waals surface area contributed by atoms with E-state index in [1.807, 2.05) is 24.3 Å². The van der Waals surface area contributed by atoms with Crippen LogP contribution < -0.4 is 15.2 Å². The Morgan fingerprint density at radius 2 is 2.06 bits per heavy atom. The van der Waals surface area contributed by atoms with Gasteiger partial charge in [-0.15, -0.1) is 0 Å². The molecular weight excluding hydrogens is 248 g/mol. The zero-order valence-corrected chi connectivity index (χ0v) is 10.8. The molecule has 0 aliphatic rings. The van der Waals surface area contributed by atoms with Crippen molar-refractivity contribution in [2.45, 2.75) is 11.4 Å². The highest BCUT2D eigenvalue weighted by Gasteiger charge is 1.99. The molecule has 18 heavy (non-hydrogen) atoms. The molecule has 0 amide bonds. The zero-order valence-electron chi connectivity index (χ0n) is 9.96. The van der Waals surface area contributed by atoms with Crippen molar-refractivity contribution in [2.24, 2.45) is 5.14 Å². The van der Waals surface area contributed by atoms with E-state index in [0.717, 1.165) is 10.5 Å². The van der Waals surface area contributed by atoms with Gasteiger partial charge in [0.15, 0.2) is 0 Å². The monoisotopic (exact) mass is 262 g/mol. The summed E-state index contributed by atoms with van der Waals surface area (Å²) in [5.74, 6) is 1.18. The number of aromatic nitrogens is 2. The summed E-state index contributed by atoms with van der Waals surface area (Å²) in [6, 6.07) is 8.02. The Balaban J connectivity index is 1.97. The van der Waals surface area contributed by atoms with Crippen molar-refractivity contribution in [3.8, 4) is 5.88 Å². The fraction of sp³-hybridized carbons (Fsp3) is 0.167. The summed E-state index contributed by atoms with van der Waals surface area (Å²) in [7, 11) is 1.57. The van der Waals surface area contributed by atoms with Crippen molar-refractivity contribution in [3.63, 3.8) is 0 Å². The molecule has 1 aromatic heterocycles. The Kier molecular flexibility index (Phi) is 4.38. The first-order valence-corrected chi connectivity index (χ1v) is 6.25. The van der Waals surface area contributed by atoms with Crippen molar-refractivity contribution >= 4 is 17.8 Å². The van der Waals surface area contributed by atoms with Gasteiger partial charge in [0.2, 0.25) is 5.88 Å². The van der Waals surface area contributed by atoms with E-state index in [0.29, 0.717) is 18.2 Å². The van der Waals surface area contributed by atoms with Crippen LogP contribution >= 0.6 is 11.9 Å². The predicted octanol–water partition coefficient (Wildman–Crippen LogP) is 2.06. The molecule has 0 radical (unpaired) electrons. The van der Waals surface area contributed by atoms with Gasteiger partial charge in [0, 0.05) is 11.4 Å². The molecule has 0 saturated heterocycles. The van der Waals surface area contributed by atoms with Gasteiger partial charge in [0.1, 0.15) is 5.82 Å². The molecule has 2 rings (SSSR count). The summed E-state index contributed by atoms with van der Waals surface area (Å²) in [5.41, 5.74) is 1.15. The molecule has 5 nitrogen and oxygen atoms in total. The number of hydrogen-bond donors (Lipinski definition) is 2. The van der Waals surface area contributed by atoms with Gasteiger partial charge in [-0.2, -0.15) is 4.98 Å². The SMILES string of the molecule is COc1cncc(NCc2ccc(SN)cc2)n1. The molecule has 0 aliphatic carbocycles. The quantitative estimate of drug-likeness (QED) is 0.804. The van der Waals surface area contributed by atoms with Crippen molar-refractivity contribution in [1.82, 2.24) is 9.97 Å². The van der Waals surface area contributed by atoms with E-state index in [1.165, 1.54) is 11.9 Å². The lowest BCUT2D eigenvalue weighted by atomic mass is 10.2. The van der Waals surface area contributed by atoms with Crippen LogP contribution in [0.5, 0.6) is 5.88 Å². The van der Waals surface area contributed by atoms with Crippen LogP contribution in [0.3, 0.4) is 0 Å². The van der Waals surface area contributed by atoms with Crippen LogP contribution in [-0.4, -0.2) is 17.1 Å². The van der Waals surface area contributed by atoms with Gasteiger partial charge in [-0.05, 0) is 29.6 Å². The molecule has 94 valence electrons. The molecule has 1 heterocycles. The van der Waals surface area contributed by atoms with Crippen LogP contribution in [0.15, 0.2) is 41.6 Å². The van der Waals surface area contributed by atoms with Gasteiger partial charge in [-0.25, -0.2) is 0 Å². The Bertz CT molecular complexity index is 504. The van der Waals surface area contributed by atoms with Crippen LogP contribution in [0, 0.1) is 0 Å². The summed E-state index contributed by atoms with van der Waals surface area (Å²) in [4.78, 5) is 9.29. The third kappa shape index (κ3) is 3.35. The molecule has 0 fully saturated rings. The van der Waals surface area contributed by atoms with Gasteiger partial charge in [-0.3, -0.25) is 10.1 Å². The third-order valence-electron chi connectivity index (χ3n) is 2.35. The standard InChI is InChI=1S/C12H14N4OS/c1-17-12-8-14-7-11(16-12)15-6-9-2-4-10(18-13)5-3-9/h2-5,7-8H,6,13H2,1H3,(H,15,16). The van der Waals surface area contributed by atoms with Crippen LogP contribution in [-0.2, 0) is 6.54 Å².